The van der Waals surface area contributed by atoms with Crippen LogP contribution in [0.1, 0.15) is 328 Å². The van der Waals surface area contributed by atoms with Crippen molar-refractivity contribution < 1.29 is 42.1 Å². The van der Waals surface area contributed by atoms with Gasteiger partial charge in [0.15, 0.2) is 6.10 Å². The van der Waals surface area contributed by atoms with Gasteiger partial charge in [0, 0.05) is 12.8 Å². The minimum atomic E-state index is -4.66. The van der Waals surface area contributed by atoms with Gasteiger partial charge in [-0.3, -0.25) is 14.2 Å². The summed E-state index contributed by atoms with van der Waals surface area (Å²) in [7, 11) is 1.14. The van der Waals surface area contributed by atoms with Crippen LogP contribution in [-0.4, -0.2) is 70.0 Å². The van der Waals surface area contributed by atoms with Crippen LogP contribution in [0.25, 0.3) is 0 Å². The molecule has 0 aromatic heterocycles. The number of phosphoric acid groups is 1. The third-order valence-electron chi connectivity index (χ3n) is 16.2. The van der Waals surface area contributed by atoms with E-state index < -0.39 is 26.5 Å². The molecule has 0 spiro atoms. The third kappa shape index (κ3) is 75.3. The van der Waals surface area contributed by atoms with Crippen molar-refractivity contribution in [2.45, 2.75) is 335 Å². The summed E-state index contributed by atoms with van der Waals surface area (Å²) in [6.45, 7) is 4.13. The van der Waals surface area contributed by atoms with E-state index in [4.69, 9.17) is 18.5 Å². The van der Waals surface area contributed by atoms with Gasteiger partial charge < -0.3 is 27.9 Å². The summed E-state index contributed by atoms with van der Waals surface area (Å²) in [4.78, 5) is 38.1. The topological polar surface area (TPSA) is 111 Å². The van der Waals surface area contributed by atoms with E-state index in [2.05, 4.69) is 135 Å². The molecule has 10 heteroatoms. The molecule has 91 heavy (non-hydrogen) atoms. The minimum Gasteiger partial charge on any atom is -0.756 e. The first kappa shape index (κ1) is 87.4. The monoisotopic (exact) mass is 1290 g/mol. The fourth-order valence-corrected chi connectivity index (χ4v) is 11.2. The van der Waals surface area contributed by atoms with Crippen molar-refractivity contribution in [3.05, 3.63) is 122 Å². The van der Waals surface area contributed by atoms with E-state index in [1.54, 1.807) is 0 Å². The Hall–Kier alpha value is -3.59. The van der Waals surface area contributed by atoms with Crippen LogP contribution in [0.4, 0.5) is 0 Å². The molecule has 0 aliphatic rings. The molecular formula is C81H142NO8P. The van der Waals surface area contributed by atoms with Crippen LogP contribution < -0.4 is 4.89 Å². The molecule has 0 N–H and O–H groups in total. The van der Waals surface area contributed by atoms with Crippen LogP contribution >= 0.6 is 7.82 Å². The number of esters is 2. The lowest BCUT2D eigenvalue weighted by atomic mass is 10.0. The molecule has 0 radical (unpaired) electrons. The smallest absolute Gasteiger partial charge is 0.306 e. The largest absolute Gasteiger partial charge is 0.756 e. The van der Waals surface area contributed by atoms with Crippen molar-refractivity contribution in [3.8, 4) is 0 Å². The summed E-state index contributed by atoms with van der Waals surface area (Å²) in [6, 6.07) is 0. The highest BCUT2D eigenvalue weighted by atomic mass is 31.2. The Balaban J connectivity index is 4.09. The van der Waals surface area contributed by atoms with Crippen LogP contribution in [0.15, 0.2) is 122 Å². The van der Waals surface area contributed by atoms with Crippen molar-refractivity contribution in [2.75, 3.05) is 47.5 Å². The summed E-state index contributed by atoms with van der Waals surface area (Å²) in [5.41, 5.74) is 0. The molecule has 0 aromatic rings. The molecule has 0 aliphatic carbocycles. The van der Waals surface area contributed by atoms with Crippen molar-refractivity contribution in [1.82, 2.24) is 0 Å². The predicted octanol–water partition coefficient (Wildman–Crippen LogP) is 24.4. The van der Waals surface area contributed by atoms with Crippen molar-refractivity contribution in [2.24, 2.45) is 0 Å². The molecule has 0 aromatic carbocycles. The minimum absolute atomic E-state index is 0.0408. The summed E-state index contributed by atoms with van der Waals surface area (Å²) < 4.78 is 34.3. The van der Waals surface area contributed by atoms with Gasteiger partial charge in [-0.05, 0) is 89.9 Å². The molecule has 9 nitrogen and oxygen atoms in total. The number of hydrogen-bond acceptors (Lipinski definition) is 8. The molecule has 0 bridgehead atoms. The van der Waals surface area contributed by atoms with Crippen LogP contribution in [0.5, 0.6) is 0 Å². The molecule has 0 amide bonds. The Morgan fingerprint density at radius 1 is 0.352 bits per heavy atom. The highest BCUT2D eigenvalue weighted by Gasteiger charge is 2.22. The van der Waals surface area contributed by atoms with Gasteiger partial charge in [0.25, 0.3) is 7.82 Å². The molecule has 2 atom stereocenters. The Labute approximate surface area is 562 Å². The molecule has 0 saturated carbocycles. The first-order valence-corrected chi connectivity index (χ1v) is 39.2. The van der Waals surface area contributed by atoms with E-state index in [0.29, 0.717) is 17.4 Å². The van der Waals surface area contributed by atoms with Gasteiger partial charge in [-0.25, -0.2) is 0 Å². The first-order valence-electron chi connectivity index (χ1n) is 37.7. The SMILES string of the molecule is CC/C=C\C/C=C\C/C=C\C/C=C\C/C=C\C/C=C\C/C=C\C/C=C\C/C=C\C/C=C\CCCCCCC(=O)OC(COC(=O)CCCCCCCCCCCCCCCCCCCCCCCCCCCCCCCCCC)COP(=O)([O-])OCC[N+](C)(C)C. The maximum atomic E-state index is 12.9. The Kier molecular flexibility index (Phi) is 67.9. The van der Waals surface area contributed by atoms with E-state index >= 15 is 0 Å². The van der Waals surface area contributed by atoms with Gasteiger partial charge in [0.05, 0.1) is 27.7 Å². The number of ether oxygens (including phenoxy) is 2. The molecule has 0 fully saturated rings. The van der Waals surface area contributed by atoms with Crippen LogP contribution in [0.3, 0.4) is 0 Å². The summed E-state index contributed by atoms with van der Waals surface area (Å²) >= 11 is 0. The molecular weight excluding hydrogens is 1150 g/mol. The number of carbonyl (C=O) groups is 2. The first-order chi connectivity index (χ1) is 44.5. The highest BCUT2D eigenvalue weighted by molar-refractivity contribution is 7.45. The number of hydrogen-bond donors (Lipinski definition) is 0. The maximum Gasteiger partial charge on any atom is 0.306 e. The normalized spacial score (nSPS) is 13.8. The van der Waals surface area contributed by atoms with Crippen LogP contribution in [0.2, 0.25) is 0 Å². The molecule has 2 unspecified atom stereocenters. The van der Waals surface area contributed by atoms with Crippen molar-refractivity contribution in [1.29, 1.82) is 0 Å². The van der Waals surface area contributed by atoms with Crippen LogP contribution in [0, 0.1) is 0 Å². The zero-order chi connectivity index (χ0) is 66.2. The van der Waals surface area contributed by atoms with Gasteiger partial charge in [0.1, 0.15) is 19.8 Å². The number of allylic oxidation sites excluding steroid dienone is 20. The number of quaternary nitrogens is 1. The molecule has 0 aliphatic heterocycles. The lowest BCUT2D eigenvalue weighted by molar-refractivity contribution is -0.870. The fourth-order valence-electron chi connectivity index (χ4n) is 10.5. The summed E-state index contributed by atoms with van der Waals surface area (Å²) in [6.07, 6.45) is 102. The zero-order valence-electron chi connectivity index (χ0n) is 59.8. The van der Waals surface area contributed by atoms with Gasteiger partial charge in [-0.2, -0.15) is 0 Å². The number of nitrogens with zero attached hydrogens (tertiary/aromatic N) is 1. The van der Waals surface area contributed by atoms with Gasteiger partial charge in [-0.1, -0.05) is 347 Å². The van der Waals surface area contributed by atoms with E-state index in [9.17, 15) is 19.0 Å². The average Bonchev–Trinajstić information content (AvgIpc) is 3.73. The quantitative estimate of drug-likeness (QED) is 0.0195. The van der Waals surface area contributed by atoms with Gasteiger partial charge >= 0.3 is 11.9 Å². The number of unbranched alkanes of at least 4 members (excludes halogenated alkanes) is 35. The number of rotatable bonds is 69. The van der Waals surface area contributed by atoms with Gasteiger partial charge in [-0.15, -0.1) is 0 Å². The highest BCUT2D eigenvalue weighted by Crippen LogP contribution is 2.38. The summed E-state index contributed by atoms with van der Waals surface area (Å²) in [5.74, 6) is -0.857. The van der Waals surface area contributed by atoms with Crippen LogP contribution in [-0.2, 0) is 32.7 Å². The maximum absolute atomic E-state index is 12.9. The van der Waals surface area contributed by atoms with E-state index in [1.165, 1.54) is 186 Å². The van der Waals surface area contributed by atoms with Crippen molar-refractivity contribution >= 4 is 19.8 Å². The second-order valence-electron chi connectivity index (χ2n) is 26.3. The lowest BCUT2D eigenvalue weighted by Gasteiger charge is -2.28. The van der Waals surface area contributed by atoms with E-state index in [1.807, 2.05) is 21.1 Å². The number of carbonyl (C=O) groups excluding carboxylic acids is 2. The Morgan fingerprint density at radius 3 is 0.934 bits per heavy atom. The lowest BCUT2D eigenvalue weighted by Crippen LogP contribution is -2.37. The fraction of sp³-hybridized carbons (Fsp3) is 0.728. The van der Waals surface area contributed by atoms with Gasteiger partial charge in [0.2, 0.25) is 0 Å². The Morgan fingerprint density at radius 2 is 0.626 bits per heavy atom. The third-order valence-corrected chi connectivity index (χ3v) is 17.2. The predicted molar refractivity (Wildman–Crippen MR) is 392 cm³/mol. The molecule has 0 heterocycles. The standard InChI is InChI=1S/C81H142NO8P/c1-6-8-10-12-14-16-18-20-22-24-26-28-30-32-34-36-38-40-41-42-44-46-48-50-52-54-56-58-60-62-64-66-68-70-72-74-81(84)90-79(78-89-91(85,86)88-76-75-82(3,4)5)77-87-80(83)73-71-69-67-65-63-61-59-57-55-53-51-49-47-45-43-39-37-35-33-31-29-27-25-23-21-19-17-15-13-11-9-7-2/h8,10,14,16,20,22,26,28,32,34,38,40,42,44,48,50,54,56,60,62,79H,6-7,9,11-13,15,17-19,21,23-25,27,29-31,33,35-37,39,41,43,45-47,49,51-53,55,57-59,61,63-78H2,1-5H3/b10-8-,16-14-,22-20-,28-26-,34-32-,40-38-,44-42-,50-48-,56-54-,62-60-. The molecule has 524 valence electrons. The Bertz CT molecular complexity index is 1950. The molecule has 0 rings (SSSR count). The van der Waals surface area contributed by atoms with E-state index in [-0.39, 0.29) is 32.0 Å². The number of phosphoric ester groups is 1. The second kappa shape index (κ2) is 70.7. The van der Waals surface area contributed by atoms with E-state index in [0.717, 1.165) is 109 Å². The van der Waals surface area contributed by atoms with Crippen molar-refractivity contribution in [3.63, 3.8) is 0 Å². The molecule has 0 saturated heterocycles. The average molecular weight is 1290 g/mol. The second-order valence-corrected chi connectivity index (χ2v) is 27.7. The number of likely N-dealkylation sites (N-methyl/N-ethyl adjacent to an activating group) is 1. The summed E-state index contributed by atoms with van der Waals surface area (Å²) in [5, 5.41) is 0. The zero-order valence-corrected chi connectivity index (χ0v) is 60.7.